The summed E-state index contributed by atoms with van der Waals surface area (Å²) in [6, 6.07) is 5.44. The van der Waals surface area contributed by atoms with Crippen molar-refractivity contribution in [1.29, 1.82) is 0 Å². The van der Waals surface area contributed by atoms with Crippen molar-refractivity contribution in [2.45, 2.75) is 17.7 Å². The van der Waals surface area contributed by atoms with E-state index in [1.807, 2.05) is 6.07 Å². The number of hydrogen-bond acceptors (Lipinski definition) is 3. The number of phenols is 1. The fourth-order valence-corrected chi connectivity index (χ4v) is 2.79. The van der Waals surface area contributed by atoms with Gasteiger partial charge < -0.3 is 5.11 Å². The molecule has 0 bridgehead atoms. The standard InChI is InChI=1S/C12H15NOS/c1-2-10-9-11(14)5-6-12(10)15-13-7-3-4-8-13/h2,5-6,9,14H,1,3-4,7-8H2. The third-order valence-electron chi connectivity index (χ3n) is 2.51. The van der Waals surface area contributed by atoms with Gasteiger partial charge in [0.15, 0.2) is 0 Å². The first kappa shape index (κ1) is 10.6. The molecule has 1 fully saturated rings. The Bertz CT molecular complexity index is 359. The maximum Gasteiger partial charge on any atom is 0.116 e. The molecule has 0 atom stereocenters. The van der Waals surface area contributed by atoms with Crippen molar-refractivity contribution in [1.82, 2.24) is 4.31 Å². The molecule has 15 heavy (non-hydrogen) atoms. The average molecular weight is 221 g/mol. The highest BCUT2D eigenvalue weighted by Crippen LogP contribution is 2.31. The molecule has 1 aromatic rings. The second-order valence-corrected chi connectivity index (χ2v) is 4.79. The molecule has 1 aliphatic rings. The Morgan fingerprint density at radius 3 is 2.73 bits per heavy atom. The van der Waals surface area contributed by atoms with Gasteiger partial charge in [-0.05, 0) is 48.6 Å². The van der Waals surface area contributed by atoms with E-state index in [-0.39, 0.29) is 0 Å². The summed E-state index contributed by atoms with van der Waals surface area (Å²) < 4.78 is 2.36. The van der Waals surface area contributed by atoms with Crippen LogP contribution in [0.15, 0.2) is 29.7 Å². The predicted octanol–water partition coefficient (Wildman–Crippen LogP) is 3.14. The van der Waals surface area contributed by atoms with Gasteiger partial charge in [0.25, 0.3) is 0 Å². The highest BCUT2D eigenvalue weighted by molar-refractivity contribution is 7.97. The Morgan fingerprint density at radius 2 is 2.07 bits per heavy atom. The Hall–Kier alpha value is -0.930. The van der Waals surface area contributed by atoms with Crippen molar-refractivity contribution in [3.63, 3.8) is 0 Å². The Balaban J connectivity index is 2.15. The summed E-state index contributed by atoms with van der Waals surface area (Å²) in [5.41, 5.74) is 1.01. The third kappa shape index (κ3) is 2.55. The van der Waals surface area contributed by atoms with Crippen LogP contribution in [0.4, 0.5) is 0 Å². The van der Waals surface area contributed by atoms with E-state index in [0.717, 1.165) is 18.7 Å². The number of nitrogens with zero attached hydrogens (tertiary/aromatic N) is 1. The molecule has 0 aromatic heterocycles. The molecule has 3 heteroatoms. The number of phenolic OH excluding ortho intramolecular Hbond substituents is 1. The van der Waals surface area contributed by atoms with Crippen LogP contribution >= 0.6 is 11.9 Å². The van der Waals surface area contributed by atoms with Crippen LogP contribution in [0.25, 0.3) is 6.08 Å². The van der Waals surface area contributed by atoms with Crippen molar-refractivity contribution >= 4 is 18.0 Å². The SMILES string of the molecule is C=Cc1cc(O)ccc1SN1CCCC1. The van der Waals surface area contributed by atoms with E-state index in [0.29, 0.717) is 5.75 Å². The molecule has 1 N–H and O–H groups in total. The molecule has 0 radical (unpaired) electrons. The van der Waals surface area contributed by atoms with Gasteiger partial charge in [-0.3, -0.25) is 0 Å². The summed E-state index contributed by atoms with van der Waals surface area (Å²) in [5, 5.41) is 9.36. The highest BCUT2D eigenvalue weighted by Gasteiger charge is 2.14. The molecule has 0 amide bonds. The van der Waals surface area contributed by atoms with E-state index in [1.54, 1.807) is 30.2 Å². The van der Waals surface area contributed by atoms with E-state index in [1.165, 1.54) is 17.7 Å². The summed E-state index contributed by atoms with van der Waals surface area (Å²) in [6.07, 6.45) is 4.36. The molecule has 80 valence electrons. The van der Waals surface area contributed by atoms with Gasteiger partial charge in [0.05, 0.1) is 0 Å². The van der Waals surface area contributed by atoms with Gasteiger partial charge in [-0.15, -0.1) is 0 Å². The van der Waals surface area contributed by atoms with E-state index in [9.17, 15) is 5.11 Å². The summed E-state index contributed by atoms with van der Waals surface area (Å²) >= 11 is 1.76. The minimum atomic E-state index is 0.302. The van der Waals surface area contributed by atoms with Crippen molar-refractivity contribution in [2.75, 3.05) is 13.1 Å². The minimum absolute atomic E-state index is 0.302. The normalized spacial score (nSPS) is 16.8. The van der Waals surface area contributed by atoms with Crippen molar-refractivity contribution in [2.24, 2.45) is 0 Å². The zero-order valence-electron chi connectivity index (χ0n) is 8.65. The fourth-order valence-electron chi connectivity index (χ4n) is 1.70. The first-order valence-electron chi connectivity index (χ1n) is 5.18. The molecule has 2 nitrogen and oxygen atoms in total. The van der Waals surface area contributed by atoms with Gasteiger partial charge >= 0.3 is 0 Å². The Kier molecular flexibility index (Phi) is 3.34. The first-order chi connectivity index (χ1) is 7.29. The summed E-state index contributed by atoms with van der Waals surface area (Å²) in [6.45, 7) is 6.07. The molecule has 0 unspecified atom stereocenters. The lowest BCUT2D eigenvalue weighted by Gasteiger charge is -2.14. The molecule has 1 aliphatic heterocycles. The quantitative estimate of drug-likeness (QED) is 0.793. The monoisotopic (exact) mass is 221 g/mol. The molecule has 0 saturated carbocycles. The second-order valence-electron chi connectivity index (χ2n) is 3.65. The van der Waals surface area contributed by atoms with Gasteiger partial charge in [0.2, 0.25) is 0 Å². The minimum Gasteiger partial charge on any atom is -0.508 e. The van der Waals surface area contributed by atoms with Crippen LogP contribution in [0.3, 0.4) is 0 Å². The molecule has 1 heterocycles. The number of hydrogen-bond donors (Lipinski definition) is 1. The predicted molar refractivity (Wildman–Crippen MR) is 64.9 cm³/mol. The largest absolute Gasteiger partial charge is 0.508 e. The smallest absolute Gasteiger partial charge is 0.116 e. The molecular weight excluding hydrogens is 206 g/mol. The van der Waals surface area contributed by atoms with Gasteiger partial charge in [-0.2, -0.15) is 0 Å². The lowest BCUT2D eigenvalue weighted by Crippen LogP contribution is -2.08. The van der Waals surface area contributed by atoms with Gasteiger partial charge in [-0.25, -0.2) is 4.31 Å². The Labute approximate surface area is 94.7 Å². The molecule has 0 spiro atoms. The zero-order chi connectivity index (χ0) is 10.7. The van der Waals surface area contributed by atoms with Crippen molar-refractivity contribution in [3.05, 3.63) is 30.3 Å². The van der Waals surface area contributed by atoms with Crippen LogP contribution in [0.5, 0.6) is 5.75 Å². The topological polar surface area (TPSA) is 23.5 Å². The van der Waals surface area contributed by atoms with Gasteiger partial charge in [-0.1, -0.05) is 12.7 Å². The third-order valence-corrected chi connectivity index (χ3v) is 3.70. The average Bonchev–Trinajstić information content (AvgIpc) is 2.73. The molecule has 0 aliphatic carbocycles. The lowest BCUT2D eigenvalue weighted by molar-refractivity contribution is 0.474. The molecule has 1 saturated heterocycles. The highest BCUT2D eigenvalue weighted by atomic mass is 32.2. The van der Waals surface area contributed by atoms with E-state index < -0.39 is 0 Å². The van der Waals surface area contributed by atoms with Crippen LogP contribution < -0.4 is 0 Å². The van der Waals surface area contributed by atoms with Gasteiger partial charge in [0, 0.05) is 18.0 Å². The van der Waals surface area contributed by atoms with E-state index >= 15 is 0 Å². The number of aromatic hydroxyl groups is 1. The van der Waals surface area contributed by atoms with E-state index in [4.69, 9.17) is 0 Å². The maximum absolute atomic E-state index is 9.36. The van der Waals surface area contributed by atoms with Crippen LogP contribution in [0.1, 0.15) is 18.4 Å². The van der Waals surface area contributed by atoms with Gasteiger partial charge in [0.1, 0.15) is 5.75 Å². The van der Waals surface area contributed by atoms with E-state index in [2.05, 4.69) is 10.9 Å². The lowest BCUT2D eigenvalue weighted by atomic mass is 10.2. The van der Waals surface area contributed by atoms with Crippen LogP contribution in [-0.2, 0) is 0 Å². The van der Waals surface area contributed by atoms with Crippen LogP contribution in [0, 0.1) is 0 Å². The number of rotatable bonds is 3. The van der Waals surface area contributed by atoms with Crippen LogP contribution in [0.2, 0.25) is 0 Å². The second kappa shape index (κ2) is 4.73. The summed E-state index contributed by atoms with van der Waals surface area (Å²) in [7, 11) is 0. The summed E-state index contributed by atoms with van der Waals surface area (Å²) in [4.78, 5) is 1.17. The van der Waals surface area contributed by atoms with Crippen LogP contribution in [-0.4, -0.2) is 22.5 Å². The zero-order valence-corrected chi connectivity index (χ0v) is 9.46. The molecule has 2 rings (SSSR count). The van der Waals surface area contributed by atoms with Crippen molar-refractivity contribution in [3.8, 4) is 5.75 Å². The van der Waals surface area contributed by atoms with Crippen molar-refractivity contribution < 1.29 is 5.11 Å². The summed E-state index contributed by atoms with van der Waals surface area (Å²) in [5.74, 6) is 0.302. The Morgan fingerprint density at radius 1 is 1.33 bits per heavy atom. The first-order valence-corrected chi connectivity index (χ1v) is 5.95. The molecule has 1 aromatic carbocycles. The number of benzene rings is 1. The maximum atomic E-state index is 9.36. The molecular formula is C12H15NOS. The fraction of sp³-hybridized carbons (Fsp3) is 0.333.